The minimum absolute atomic E-state index is 0.0796. The maximum absolute atomic E-state index is 12.2. The molecule has 0 aliphatic carbocycles. The third-order valence-corrected chi connectivity index (χ3v) is 4.53. The lowest BCUT2D eigenvalue weighted by molar-refractivity contribution is 0.249. The zero-order valence-electron chi connectivity index (χ0n) is 14.9. The Kier molecular flexibility index (Phi) is 5.89. The zero-order chi connectivity index (χ0) is 17.7. The van der Waals surface area contributed by atoms with E-state index < -0.39 is 0 Å². The molecule has 2 amide bonds. The number of pyridine rings is 1. The summed E-state index contributed by atoms with van der Waals surface area (Å²) in [7, 11) is 0. The number of hydrogen-bond donors (Lipinski definition) is 2. The van der Waals surface area contributed by atoms with E-state index in [9.17, 15) is 4.79 Å². The quantitative estimate of drug-likeness (QED) is 0.754. The van der Waals surface area contributed by atoms with E-state index in [-0.39, 0.29) is 16.8 Å². The number of rotatable bonds is 4. The van der Waals surface area contributed by atoms with Gasteiger partial charge in [0.05, 0.1) is 6.04 Å². The smallest absolute Gasteiger partial charge is 0.319 e. The van der Waals surface area contributed by atoms with Gasteiger partial charge in [-0.1, -0.05) is 20.8 Å². The van der Waals surface area contributed by atoms with Crippen LogP contribution in [0, 0.1) is 6.92 Å². The Morgan fingerprint density at radius 2 is 1.83 bits per heavy atom. The van der Waals surface area contributed by atoms with Crippen LogP contribution >= 0.6 is 11.8 Å². The van der Waals surface area contributed by atoms with Gasteiger partial charge in [-0.2, -0.15) is 0 Å². The topological polar surface area (TPSA) is 54.0 Å². The predicted octanol–water partition coefficient (Wildman–Crippen LogP) is 5.16. The number of urea groups is 1. The molecule has 2 aromatic rings. The molecule has 128 valence electrons. The van der Waals surface area contributed by atoms with Gasteiger partial charge in [0.15, 0.2) is 0 Å². The first-order valence-electron chi connectivity index (χ1n) is 8.02. The number of carbonyl (C=O) groups excluding carboxylic acids is 1. The molecule has 0 bridgehead atoms. The Balaban J connectivity index is 1.99. The van der Waals surface area contributed by atoms with Gasteiger partial charge in [0.2, 0.25) is 0 Å². The first kappa shape index (κ1) is 18.3. The van der Waals surface area contributed by atoms with Crippen LogP contribution in [0.3, 0.4) is 0 Å². The number of thioether (sulfide) groups is 1. The van der Waals surface area contributed by atoms with Gasteiger partial charge < -0.3 is 10.6 Å². The first-order chi connectivity index (χ1) is 11.2. The number of nitrogens with zero attached hydrogens (tertiary/aromatic N) is 1. The Bertz CT molecular complexity index is 696. The summed E-state index contributed by atoms with van der Waals surface area (Å²) in [4.78, 5) is 17.4. The lowest BCUT2D eigenvalue weighted by Gasteiger charge is -2.19. The molecule has 0 aliphatic rings. The van der Waals surface area contributed by atoms with Crippen LogP contribution < -0.4 is 10.6 Å². The van der Waals surface area contributed by atoms with Gasteiger partial charge in [0, 0.05) is 27.7 Å². The molecule has 1 aromatic carbocycles. The number of hydrogen-bond acceptors (Lipinski definition) is 3. The number of amides is 2. The van der Waals surface area contributed by atoms with Crippen LogP contribution in [0.2, 0.25) is 0 Å². The summed E-state index contributed by atoms with van der Waals surface area (Å²) in [5.74, 6) is 0. The van der Waals surface area contributed by atoms with Gasteiger partial charge >= 0.3 is 6.03 Å². The molecule has 0 aliphatic heterocycles. The molecule has 1 aromatic heterocycles. The highest BCUT2D eigenvalue weighted by molar-refractivity contribution is 8.00. The fourth-order valence-electron chi connectivity index (χ4n) is 2.28. The normalized spacial score (nSPS) is 12.5. The average Bonchev–Trinajstić information content (AvgIpc) is 2.49. The summed E-state index contributed by atoms with van der Waals surface area (Å²) in [6, 6.07) is 9.62. The molecule has 0 fully saturated rings. The fourth-order valence-corrected chi connectivity index (χ4v) is 3.36. The summed E-state index contributed by atoms with van der Waals surface area (Å²) < 4.78 is 0.165. The lowest BCUT2D eigenvalue weighted by Crippen LogP contribution is -2.31. The molecule has 5 heteroatoms. The molecule has 0 radical (unpaired) electrons. The van der Waals surface area contributed by atoms with Crippen molar-refractivity contribution in [3.8, 4) is 0 Å². The van der Waals surface area contributed by atoms with Gasteiger partial charge in [0.25, 0.3) is 0 Å². The van der Waals surface area contributed by atoms with Crippen LogP contribution in [0.25, 0.3) is 0 Å². The van der Waals surface area contributed by atoms with Crippen LogP contribution in [0.1, 0.15) is 44.9 Å². The van der Waals surface area contributed by atoms with E-state index in [0.29, 0.717) is 0 Å². The molecule has 1 atom stereocenters. The number of carbonyl (C=O) groups is 1. The van der Waals surface area contributed by atoms with Crippen molar-refractivity contribution < 1.29 is 4.79 Å². The molecular formula is C19H25N3OS. The number of benzene rings is 1. The largest absolute Gasteiger partial charge is 0.331 e. The zero-order valence-corrected chi connectivity index (χ0v) is 15.7. The second-order valence-corrected chi connectivity index (χ2v) is 8.69. The molecule has 2 N–H and O–H groups in total. The van der Waals surface area contributed by atoms with Gasteiger partial charge in [-0.25, -0.2) is 4.79 Å². The highest BCUT2D eigenvalue weighted by atomic mass is 32.2. The van der Waals surface area contributed by atoms with Gasteiger partial charge in [0.1, 0.15) is 0 Å². The van der Waals surface area contributed by atoms with Crippen molar-refractivity contribution in [3.05, 3.63) is 53.9 Å². The van der Waals surface area contributed by atoms with Crippen molar-refractivity contribution in [2.24, 2.45) is 0 Å². The highest BCUT2D eigenvalue weighted by Gasteiger charge is 2.14. The Labute approximate surface area is 148 Å². The first-order valence-corrected chi connectivity index (χ1v) is 8.83. The average molecular weight is 343 g/mol. The fraction of sp³-hybridized carbons (Fsp3) is 0.368. The highest BCUT2D eigenvalue weighted by Crippen LogP contribution is 2.33. The SMILES string of the molecule is Cc1cc(SC(C)(C)C)ccc1NC(=O)NC(C)c1ccncc1. The van der Waals surface area contributed by atoms with E-state index in [0.717, 1.165) is 16.8 Å². The second kappa shape index (κ2) is 7.71. The molecule has 0 saturated carbocycles. The minimum Gasteiger partial charge on any atom is -0.331 e. The molecule has 0 saturated heterocycles. The van der Waals surface area contributed by atoms with Crippen LogP contribution in [-0.4, -0.2) is 15.8 Å². The molecular weight excluding hydrogens is 318 g/mol. The molecule has 0 spiro atoms. The summed E-state index contributed by atoms with van der Waals surface area (Å²) in [5.41, 5.74) is 2.90. The molecule has 1 heterocycles. The van der Waals surface area contributed by atoms with Crippen molar-refractivity contribution in [2.75, 3.05) is 5.32 Å². The molecule has 4 nitrogen and oxygen atoms in total. The van der Waals surface area contributed by atoms with Gasteiger partial charge in [-0.05, 0) is 55.3 Å². The van der Waals surface area contributed by atoms with E-state index in [2.05, 4.69) is 42.5 Å². The number of nitrogens with one attached hydrogen (secondary N) is 2. The predicted molar refractivity (Wildman–Crippen MR) is 102 cm³/mol. The summed E-state index contributed by atoms with van der Waals surface area (Å²) in [6.07, 6.45) is 3.45. The van der Waals surface area contributed by atoms with Crippen LogP contribution in [-0.2, 0) is 0 Å². The van der Waals surface area contributed by atoms with Crippen LogP contribution in [0.5, 0.6) is 0 Å². The van der Waals surface area contributed by atoms with E-state index in [1.54, 1.807) is 12.4 Å². The van der Waals surface area contributed by atoms with Crippen molar-refractivity contribution in [1.82, 2.24) is 10.3 Å². The number of aromatic nitrogens is 1. The van der Waals surface area contributed by atoms with E-state index in [4.69, 9.17) is 0 Å². The Morgan fingerprint density at radius 1 is 1.17 bits per heavy atom. The van der Waals surface area contributed by atoms with Gasteiger partial charge in [-0.15, -0.1) is 11.8 Å². The lowest BCUT2D eigenvalue weighted by atomic mass is 10.1. The van der Waals surface area contributed by atoms with Crippen molar-refractivity contribution in [3.63, 3.8) is 0 Å². The van der Waals surface area contributed by atoms with Crippen molar-refractivity contribution in [1.29, 1.82) is 0 Å². The summed E-state index contributed by atoms with van der Waals surface area (Å²) in [5, 5.41) is 5.87. The Hall–Kier alpha value is -2.01. The van der Waals surface area contributed by atoms with Crippen molar-refractivity contribution >= 4 is 23.5 Å². The van der Waals surface area contributed by atoms with Crippen molar-refractivity contribution in [2.45, 2.75) is 50.3 Å². The van der Waals surface area contributed by atoms with E-state index in [1.165, 1.54) is 4.90 Å². The maximum atomic E-state index is 12.2. The molecule has 2 rings (SSSR count). The van der Waals surface area contributed by atoms with Crippen LogP contribution in [0.15, 0.2) is 47.6 Å². The maximum Gasteiger partial charge on any atom is 0.319 e. The third-order valence-electron chi connectivity index (χ3n) is 3.42. The summed E-state index contributed by atoms with van der Waals surface area (Å²) >= 11 is 1.82. The summed E-state index contributed by atoms with van der Waals surface area (Å²) in [6.45, 7) is 10.5. The Morgan fingerprint density at radius 3 is 2.42 bits per heavy atom. The second-order valence-electron chi connectivity index (χ2n) is 6.79. The van der Waals surface area contributed by atoms with Gasteiger partial charge in [-0.3, -0.25) is 4.98 Å². The molecule has 1 unspecified atom stereocenters. The molecule has 24 heavy (non-hydrogen) atoms. The third kappa shape index (κ3) is 5.57. The van der Waals surface area contributed by atoms with E-state index in [1.807, 2.05) is 49.9 Å². The monoisotopic (exact) mass is 343 g/mol. The van der Waals surface area contributed by atoms with Crippen LogP contribution in [0.4, 0.5) is 10.5 Å². The number of anilines is 1. The standard InChI is InChI=1S/C19H25N3OS/c1-13-12-16(24-19(3,4)5)6-7-17(13)22-18(23)21-14(2)15-8-10-20-11-9-15/h6-12,14H,1-5H3,(H2,21,22,23). The number of aryl methyl sites for hydroxylation is 1. The van der Waals surface area contributed by atoms with E-state index >= 15 is 0 Å². The minimum atomic E-state index is -0.210.